The molecule has 0 spiro atoms. The molecule has 1 N–H and O–H groups in total. The van der Waals surface area contributed by atoms with Gasteiger partial charge in [0, 0.05) is 11.8 Å². The van der Waals surface area contributed by atoms with Crippen LogP contribution >= 0.6 is 0 Å². The Morgan fingerprint density at radius 2 is 1.21 bits per heavy atom. The molecule has 186 valence electrons. The van der Waals surface area contributed by atoms with Crippen LogP contribution < -0.4 is 0 Å². The van der Waals surface area contributed by atoms with Crippen LogP contribution in [0.25, 0.3) is 0 Å². The van der Waals surface area contributed by atoms with E-state index in [9.17, 15) is 14.7 Å². The van der Waals surface area contributed by atoms with Gasteiger partial charge in [0.15, 0.2) is 0 Å². The second kappa shape index (κ2) is 6.88. The molecule has 0 aromatic carbocycles. The first kappa shape index (κ1) is 23.9. The minimum absolute atomic E-state index is 0.114. The molecule has 0 aromatic rings. The summed E-state index contributed by atoms with van der Waals surface area (Å²) in [7, 11) is 0. The number of hydrogen-bond acceptors (Lipinski definition) is 2. The molecule has 0 aliphatic heterocycles. The number of rotatable bonds is 1. The lowest BCUT2D eigenvalue weighted by Gasteiger charge is -2.72. The van der Waals surface area contributed by atoms with Crippen molar-refractivity contribution in [3.8, 4) is 0 Å². The first-order valence-corrected chi connectivity index (χ1v) is 13.9. The molecule has 0 heterocycles. The number of carbonyl (C=O) groups is 2. The fraction of sp³-hybridized carbons (Fsp3) is 0.933. The third kappa shape index (κ3) is 2.92. The minimum atomic E-state index is -0.516. The highest BCUT2D eigenvalue weighted by atomic mass is 16.4. The Balaban J connectivity index is 1.55. The summed E-state index contributed by atoms with van der Waals surface area (Å²) in [5, 5.41) is 10.5. The van der Waals surface area contributed by atoms with Gasteiger partial charge in [0.2, 0.25) is 0 Å². The molecule has 0 amide bonds. The topological polar surface area (TPSA) is 54.4 Å². The number of carbonyl (C=O) groups excluding carboxylic acids is 1. The highest BCUT2D eigenvalue weighted by Crippen LogP contribution is 2.76. The smallest absolute Gasteiger partial charge is 0.309 e. The Hall–Kier alpha value is -0.860. The zero-order valence-corrected chi connectivity index (χ0v) is 22.4. The molecule has 0 radical (unpaired) electrons. The number of carboxylic acid groups (broad SMARTS) is 1. The SMILES string of the molecule is CC1(C)CC[C@]2(C(=O)O)CC[C@H]3[C@]4(C)CC[C@H]5C(C)(C)C(=O)CC[C@]5(C)[C@H]4CC[C@@]3(C)[C@H]2C1. The molecule has 5 aliphatic carbocycles. The van der Waals surface area contributed by atoms with Crippen molar-refractivity contribution in [1.29, 1.82) is 0 Å². The summed E-state index contributed by atoms with van der Waals surface area (Å²) in [4.78, 5) is 25.7. The molecule has 3 nitrogen and oxygen atoms in total. The maximum Gasteiger partial charge on any atom is 0.309 e. The largest absolute Gasteiger partial charge is 0.481 e. The predicted molar refractivity (Wildman–Crippen MR) is 132 cm³/mol. The fourth-order valence-electron chi connectivity index (χ4n) is 11.4. The maximum atomic E-state index is 12.9. The van der Waals surface area contributed by atoms with Crippen LogP contribution in [0, 0.1) is 56.2 Å². The number of carboxylic acids is 1. The average Bonchev–Trinajstić information content (AvgIpc) is 2.70. The van der Waals surface area contributed by atoms with Gasteiger partial charge in [-0.3, -0.25) is 9.59 Å². The first-order valence-electron chi connectivity index (χ1n) is 13.9. The van der Waals surface area contributed by atoms with Crippen LogP contribution in [0.1, 0.15) is 119 Å². The second-order valence-electron chi connectivity index (χ2n) is 15.3. The molecule has 3 heteroatoms. The van der Waals surface area contributed by atoms with Crippen molar-refractivity contribution < 1.29 is 14.7 Å². The third-order valence-electron chi connectivity index (χ3n) is 13.2. The van der Waals surface area contributed by atoms with E-state index < -0.39 is 11.4 Å². The van der Waals surface area contributed by atoms with Gasteiger partial charge in [-0.1, -0.05) is 48.5 Å². The maximum absolute atomic E-state index is 12.9. The lowest BCUT2D eigenvalue weighted by Crippen LogP contribution is -2.66. The van der Waals surface area contributed by atoms with Crippen LogP contribution in [-0.4, -0.2) is 16.9 Å². The molecule has 0 unspecified atom stereocenters. The van der Waals surface area contributed by atoms with E-state index in [4.69, 9.17) is 0 Å². The van der Waals surface area contributed by atoms with Crippen LogP contribution in [0.2, 0.25) is 0 Å². The molecule has 0 saturated heterocycles. The fourth-order valence-corrected chi connectivity index (χ4v) is 11.4. The van der Waals surface area contributed by atoms with Gasteiger partial charge in [-0.25, -0.2) is 0 Å². The van der Waals surface area contributed by atoms with Crippen molar-refractivity contribution in [2.75, 3.05) is 0 Å². The Morgan fingerprint density at radius 1 is 0.697 bits per heavy atom. The lowest BCUT2D eigenvalue weighted by molar-refractivity contribution is -0.237. The summed E-state index contributed by atoms with van der Waals surface area (Å²) in [6.45, 7) is 16.8. The van der Waals surface area contributed by atoms with Crippen LogP contribution in [0.3, 0.4) is 0 Å². The van der Waals surface area contributed by atoms with Crippen molar-refractivity contribution >= 4 is 11.8 Å². The molecule has 5 aliphatic rings. The minimum Gasteiger partial charge on any atom is -0.481 e. The van der Waals surface area contributed by atoms with Crippen molar-refractivity contribution in [3.05, 3.63) is 0 Å². The van der Waals surface area contributed by atoms with Gasteiger partial charge in [0.25, 0.3) is 0 Å². The molecule has 5 fully saturated rings. The molecule has 33 heavy (non-hydrogen) atoms. The van der Waals surface area contributed by atoms with E-state index in [1.54, 1.807) is 0 Å². The first-order chi connectivity index (χ1) is 15.1. The summed E-state index contributed by atoms with van der Waals surface area (Å²) in [5.74, 6) is 2.00. The number of hydrogen-bond donors (Lipinski definition) is 1. The second-order valence-corrected chi connectivity index (χ2v) is 15.3. The van der Waals surface area contributed by atoms with Crippen molar-refractivity contribution in [2.45, 2.75) is 119 Å². The van der Waals surface area contributed by atoms with Gasteiger partial charge in [0.05, 0.1) is 5.41 Å². The Labute approximate surface area is 201 Å². The number of Topliss-reactive ketones (excluding diaryl/α,β-unsaturated/α-hetero) is 1. The van der Waals surface area contributed by atoms with Gasteiger partial charge >= 0.3 is 5.97 Å². The highest BCUT2D eigenvalue weighted by molar-refractivity contribution is 5.85. The van der Waals surface area contributed by atoms with E-state index in [0.29, 0.717) is 23.5 Å². The van der Waals surface area contributed by atoms with Crippen molar-refractivity contribution in [1.82, 2.24) is 0 Å². The summed E-state index contributed by atoms with van der Waals surface area (Å²) in [6.07, 6.45) is 11.5. The normalized spacial score (nSPS) is 52.6. The number of aliphatic carboxylic acids is 1. The molecule has 0 aromatic heterocycles. The Kier molecular flexibility index (Phi) is 4.97. The summed E-state index contributed by atoms with van der Waals surface area (Å²) in [5.41, 5.74) is 0.143. The van der Waals surface area contributed by atoms with Crippen molar-refractivity contribution in [3.63, 3.8) is 0 Å². The van der Waals surface area contributed by atoms with Crippen LogP contribution in [-0.2, 0) is 9.59 Å². The van der Waals surface area contributed by atoms with Crippen LogP contribution in [0.5, 0.6) is 0 Å². The third-order valence-corrected chi connectivity index (χ3v) is 13.2. The molecular weight excluding hydrogens is 408 g/mol. The average molecular weight is 457 g/mol. The number of ketones is 1. The predicted octanol–water partition coefficient (Wildman–Crippen LogP) is 7.52. The molecule has 5 saturated carbocycles. The van der Waals surface area contributed by atoms with Gasteiger partial charge in [-0.15, -0.1) is 0 Å². The summed E-state index contributed by atoms with van der Waals surface area (Å²) in [6, 6.07) is 0. The van der Waals surface area contributed by atoms with Gasteiger partial charge in [-0.05, 0) is 110 Å². The molecule has 5 rings (SSSR count). The quantitative estimate of drug-likeness (QED) is 0.444. The monoisotopic (exact) mass is 456 g/mol. The van der Waals surface area contributed by atoms with Crippen LogP contribution in [0.15, 0.2) is 0 Å². The molecule has 0 bridgehead atoms. The number of fused-ring (bicyclic) bond motifs is 7. The van der Waals surface area contributed by atoms with Crippen LogP contribution in [0.4, 0.5) is 0 Å². The highest BCUT2D eigenvalue weighted by Gasteiger charge is 2.70. The van der Waals surface area contributed by atoms with E-state index in [1.165, 1.54) is 19.3 Å². The summed E-state index contributed by atoms with van der Waals surface area (Å²) >= 11 is 0. The van der Waals surface area contributed by atoms with Gasteiger partial charge < -0.3 is 5.11 Å². The zero-order valence-electron chi connectivity index (χ0n) is 22.4. The van der Waals surface area contributed by atoms with Gasteiger partial charge in [0.1, 0.15) is 5.78 Å². The van der Waals surface area contributed by atoms with Crippen molar-refractivity contribution in [2.24, 2.45) is 56.2 Å². The van der Waals surface area contributed by atoms with E-state index in [0.717, 1.165) is 51.4 Å². The molecular formula is C30H48O3. The Morgan fingerprint density at radius 3 is 1.82 bits per heavy atom. The standard InChI is InChI=1S/C30H48O3/c1-25(2)16-17-30(24(32)33)15-10-21-28(6)12-8-19-26(3,4)23(31)11-14-27(19,5)20(28)9-13-29(21,7)22(30)18-25/h19-22H,8-18H2,1-7H3,(H,32,33)/t19-,20+,21-,22+,27-,28+,29+,30+/m0/s1. The molecule has 8 atom stereocenters. The lowest BCUT2D eigenvalue weighted by atomic mass is 9.32. The zero-order chi connectivity index (χ0) is 24.2. The van der Waals surface area contributed by atoms with Gasteiger partial charge in [-0.2, -0.15) is 0 Å². The van der Waals surface area contributed by atoms with E-state index in [2.05, 4.69) is 48.5 Å². The Bertz CT molecular complexity index is 872. The van der Waals surface area contributed by atoms with E-state index in [1.807, 2.05) is 0 Å². The van der Waals surface area contributed by atoms with E-state index >= 15 is 0 Å². The summed E-state index contributed by atoms with van der Waals surface area (Å²) < 4.78 is 0. The van der Waals surface area contributed by atoms with E-state index in [-0.39, 0.29) is 33.0 Å².